The molecule has 0 amide bonds. The Morgan fingerprint density at radius 3 is 1.90 bits per heavy atom. The van der Waals surface area contributed by atoms with E-state index in [-0.39, 0.29) is 0 Å². The summed E-state index contributed by atoms with van der Waals surface area (Å²) in [4.78, 5) is 1.45. The fourth-order valence-corrected chi connectivity index (χ4v) is 2.16. The second kappa shape index (κ2) is 4.76. The lowest BCUT2D eigenvalue weighted by atomic mass is 9.97. The minimum absolute atomic E-state index is 0.450. The van der Waals surface area contributed by atoms with E-state index in [0.29, 0.717) is 35.7 Å². The Kier molecular flexibility index (Phi) is 2.94. The summed E-state index contributed by atoms with van der Waals surface area (Å²) in [5.74, 6) is 0. The van der Waals surface area contributed by atoms with E-state index < -0.39 is 0 Å². The van der Waals surface area contributed by atoms with Gasteiger partial charge in [0.2, 0.25) is 0 Å². The fourth-order valence-electron chi connectivity index (χ4n) is 2.16. The Hall–Kier alpha value is -2.70. The molecule has 0 saturated heterocycles. The van der Waals surface area contributed by atoms with Crippen molar-refractivity contribution in [2.75, 3.05) is 0 Å². The molecule has 0 fully saturated rings. The molecule has 0 spiro atoms. The topological polar surface area (TPSA) is 95.9 Å². The number of benzene rings is 1. The van der Waals surface area contributed by atoms with Gasteiger partial charge >= 0.3 is 0 Å². The second-order valence-corrected chi connectivity index (χ2v) is 4.62. The van der Waals surface area contributed by atoms with Gasteiger partial charge in [0.1, 0.15) is 22.8 Å². The molecule has 7 heteroatoms. The van der Waals surface area contributed by atoms with Crippen LogP contribution in [0.2, 0.25) is 0 Å². The third-order valence-corrected chi connectivity index (χ3v) is 3.27. The molecule has 0 unspecified atom stereocenters. The molecule has 7 nitrogen and oxygen atoms in total. The first-order chi connectivity index (χ1) is 9.72. The molecule has 1 aliphatic carbocycles. The third kappa shape index (κ3) is 1.93. The van der Waals surface area contributed by atoms with Crippen molar-refractivity contribution in [3.8, 4) is 5.69 Å². The standard InChI is InChI=1S/C13H13N5O2/c1-8-2-4-9(5-3-8)18-14-12-10(16-19)6-7-11(17-20)13(12)15-18/h2-5,19-20H,6-7H2,1H3/b16-10-,17-11-. The average molecular weight is 271 g/mol. The van der Waals surface area contributed by atoms with Crippen LogP contribution >= 0.6 is 0 Å². The van der Waals surface area contributed by atoms with Crippen LogP contribution in [0.25, 0.3) is 5.69 Å². The molecule has 1 aromatic carbocycles. The van der Waals surface area contributed by atoms with E-state index >= 15 is 0 Å². The maximum atomic E-state index is 9.02. The van der Waals surface area contributed by atoms with Crippen molar-refractivity contribution in [1.29, 1.82) is 0 Å². The number of rotatable bonds is 1. The van der Waals surface area contributed by atoms with Gasteiger partial charge in [-0.25, -0.2) is 0 Å². The Bertz CT molecular complexity index is 663. The predicted octanol–water partition coefficient (Wildman–Crippen LogP) is 1.73. The van der Waals surface area contributed by atoms with Crippen LogP contribution in [0.1, 0.15) is 29.8 Å². The highest BCUT2D eigenvalue weighted by Gasteiger charge is 2.27. The lowest BCUT2D eigenvalue weighted by molar-refractivity contribution is 0.315. The van der Waals surface area contributed by atoms with Crippen molar-refractivity contribution in [1.82, 2.24) is 15.0 Å². The highest BCUT2D eigenvalue weighted by molar-refractivity contribution is 6.15. The Morgan fingerprint density at radius 1 is 0.950 bits per heavy atom. The molecule has 102 valence electrons. The monoisotopic (exact) mass is 271 g/mol. The van der Waals surface area contributed by atoms with Crippen molar-refractivity contribution in [3.63, 3.8) is 0 Å². The van der Waals surface area contributed by atoms with E-state index in [1.165, 1.54) is 4.80 Å². The summed E-state index contributed by atoms with van der Waals surface area (Å²) in [6.45, 7) is 2.00. The zero-order valence-electron chi connectivity index (χ0n) is 10.9. The van der Waals surface area contributed by atoms with Crippen LogP contribution in [0.4, 0.5) is 0 Å². The highest BCUT2D eigenvalue weighted by Crippen LogP contribution is 2.20. The van der Waals surface area contributed by atoms with Crippen molar-refractivity contribution < 1.29 is 10.4 Å². The summed E-state index contributed by atoms with van der Waals surface area (Å²) >= 11 is 0. The minimum Gasteiger partial charge on any atom is -0.411 e. The number of nitrogens with zero attached hydrogens (tertiary/aromatic N) is 5. The van der Waals surface area contributed by atoms with Gasteiger partial charge < -0.3 is 10.4 Å². The normalized spacial score (nSPS) is 18.4. The van der Waals surface area contributed by atoms with Crippen LogP contribution in [0, 0.1) is 6.92 Å². The molecule has 3 rings (SSSR count). The number of oxime groups is 2. The van der Waals surface area contributed by atoms with E-state index in [2.05, 4.69) is 20.5 Å². The summed E-state index contributed by atoms with van der Waals surface area (Å²) in [5, 5.41) is 33.2. The highest BCUT2D eigenvalue weighted by atomic mass is 16.4. The first-order valence-electron chi connectivity index (χ1n) is 6.20. The first-order valence-corrected chi connectivity index (χ1v) is 6.20. The summed E-state index contributed by atoms with van der Waals surface area (Å²) < 4.78 is 0. The molecular formula is C13H13N5O2. The van der Waals surface area contributed by atoms with Crippen molar-refractivity contribution in [3.05, 3.63) is 41.2 Å². The zero-order chi connectivity index (χ0) is 14.1. The second-order valence-electron chi connectivity index (χ2n) is 4.62. The van der Waals surface area contributed by atoms with E-state index in [9.17, 15) is 0 Å². The molecular weight excluding hydrogens is 258 g/mol. The SMILES string of the molecule is Cc1ccc(-n2nc3c(n2)/C(=N\O)CC/C3=N/O)cc1. The molecule has 2 aromatic rings. The summed E-state index contributed by atoms with van der Waals surface area (Å²) in [5.41, 5.74) is 3.73. The lowest BCUT2D eigenvalue weighted by Crippen LogP contribution is -2.18. The van der Waals surface area contributed by atoms with E-state index in [4.69, 9.17) is 10.4 Å². The van der Waals surface area contributed by atoms with Crippen LogP contribution in [-0.4, -0.2) is 36.8 Å². The summed E-state index contributed by atoms with van der Waals surface area (Å²) in [6.07, 6.45) is 0.935. The molecule has 1 aromatic heterocycles. The maximum Gasteiger partial charge on any atom is 0.140 e. The van der Waals surface area contributed by atoms with Crippen LogP contribution in [0.5, 0.6) is 0 Å². The molecule has 0 aliphatic heterocycles. The molecule has 20 heavy (non-hydrogen) atoms. The van der Waals surface area contributed by atoms with Crippen LogP contribution in [0.15, 0.2) is 34.6 Å². The van der Waals surface area contributed by atoms with Gasteiger partial charge in [-0.15, -0.1) is 10.2 Å². The van der Waals surface area contributed by atoms with Gasteiger partial charge in [0.05, 0.1) is 5.69 Å². The maximum absolute atomic E-state index is 9.02. The van der Waals surface area contributed by atoms with Crippen molar-refractivity contribution >= 4 is 11.4 Å². The summed E-state index contributed by atoms with van der Waals surface area (Å²) in [6, 6.07) is 7.71. The number of hydrogen-bond donors (Lipinski definition) is 2. The predicted molar refractivity (Wildman–Crippen MR) is 72.0 cm³/mol. The van der Waals surface area contributed by atoms with Crippen molar-refractivity contribution in [2.24, 2.45) is 10.3 Å². The van der Waals surface area contributed by atoms with E-state index in [1.54, 1.807) is 0 Å². The van der Waals surface area contributed by atoms with Gasteiger partial charge in [-0.05, 0) is 19.1 Å². The number of hydrogen-bond acceptors (Lipinski definition) is 6. The van der Waals surface area contributed by atoms with Gasteiger partial charge in [0, 0.05) is 12.8 Å². The van der Waals surface area contributed by atoms with E-state index in [0.717, 1.165) is 11.3 Å². The molecule has 0 saturated carbocycles. The van der Waals surface area contributed by atoms with Crippen LogP contribution in [0.3, 0.4) is 0 Å². The van der Waals surface area contributed by atoms with Gasteiger partial charge in [0.25, 0.3) is 0 Å². The molecule has 0 radical (unpaired) electrons. The number of aromatic nitrogens is 3. The smallest absolute Gasteiger partial charge is 0.140 e. The van der Waals surface area contributed by atoms with Crippen molar-refractivity contribution in [2.45, 2.75) is 19.8 Å². The Labute approximate surface area is 114 Å². The van der Waals surface area contributed by atoms with Gasteiger partial charge in [0.15, 0.2) is 0 Å². The van der Waals surface area contributed by atoms with E-state index in [1.807, 2.05) is 31.2 Å². The first kappa shape index (κ1) is 12.3. The molecule has 0 atom stereocenters. The molecule has 1 heterocycles. The quantitative estimate of drug-likeness (QED) is 0.609. The lowest BCUT2D eigenvalue weighted by Gasteiger charge is -2.09. The zero-order valence-corrected chi connectivity index (χ0v) is 10.9. The molecule has 2 N–H and O–H groups in total. The number of aryl methyl sites for hydroxylation is 1. The summed E-state index contributed by atoms with van der Waals surface area (Å²) in [7, 11) is 0. The minimum atomic E-state index is 0.450. The van der Waals surface area contributed by atoms with Crippen LogP contribution in [-0.2, 0) is 0 Å². The average Bonchev–Trinajstić information content (AvgIpc) is 2.92. The van der Waals surface area contributed by atoms with Crippen LogP contribution < -0.4 is 0 Å². The molecule has 1 aliphatic rings. The largest absolute Gasteiger partial charge is 0.411 e. The Morgan fingerprint density at radius 2 is 1.45 bits per heavy atom. The number of fused-ring (bicyclic) bond motifs is 1. The van der Waals surface area contributed by atoms with Gasteiger partial charge in [-0.3, -0.25) is 0 Å². The Balaban J connectivity index is 2.12. The molecule has 0 bridgehead atoms. The fraction of sp³-hybridized carbons (Fsp3) is 0.231. The van der Waals surface area contributed by atoms with Gasteiger partial charge in [-0.1, -0.05) is 28.0 Å². The van der Waals surface area contributed by atoms with Gasteiger partial charge in [-0.2, -0.15) is 4.80 Å². The third-order valence-electron chi connectivity index (χ3n) is 3.27.